The number of hydrogen-bond donors (Lipinski definition) is 0. The molecule has 2 aromatic heterocycles. The first kappa shape index (κ1) is 18.5. The minimum absolute atomic E-state index is 0.00888. The number of nitro groups is 2. The molecule has 2 heterocycles. The summed E-state index contributed by atoms with van der Waals surface area (Å²) in [6, 6.07) is 17.9. The van der Waals surface area contributed by atoms with Crippen molar-refractivity contribution in [1.82, 2.24) is 0 Å². The summed E-state index contributed by atoms with van der Waals surface area (Å²) < 4.78 is 0.933. The average molecular weight is 476 g/mol. The van der Waals surface area contributed by atoms with Crippen LogP contribution in [0.4, 0.5) is 25.7 Å². The van der Waals surface area contributed by atoms with Crippen LogP contribution in [0.5, 0.6) is 0 Å². The summed E-state index contributed by atoms with van der Waals surface area (Å²) >= 11 is 5.50. The van der Waals surface area contributed by atoms with E-state index in [2.05, 4.69) is 15.9 Å². The molecule has 0 N–H and O–H groups in total. The quantitative estimate of drug-likeness (QED) is 0.228. The Morgan fingerprint density at radius 1 is 0.750 bits per heavy atom. The molecule has 0 fully saturated rings. The van der Waals surface area contributed by atoms with Crippen LogP contribution in [0.3, 0.4) is 0 Å². The lowest BCUT2D eigenvalue weighted by atomic mass is 10.1. The van der Waals surface area contributed by atoms with Crippen molar-refractivity contribution in [3.63, 3.8) is 0 Å². The highest BCUT2D eigenvalue weighted by Gasteiger charge is 2.22. The van der Waals surface area contributed by atoms with Crippen molar-refractivity contribution in [3.8, 4) is 0 Å². The van der Waals surface area contributed by atoms with Gasteiger partial charge < -0.3 is 0 Å². The molecule has 0 atom stereocenters. The summed E-state index contributed by atoms with van der Waals surface area (Å²) in [7, 11) is 0. The Morgan fingerprint density at radius 2 is 1.32 bits per heavy atom. The molecule has 28 heavy (non-hydrogen) atoms. The molecule has 0 saturated carbocycles. The number of halogens is 1. The molecule has 0 radical (unpaired) electrons. The van der Waals surface area contributed by atoms with Crippen LogP contribution in [0.15, 0.2) is 65.1 Å². The number of anilines is 3. The average Bonchev–Trinajstić information content (AvgIpc) is 3.32. The van der Waals surface area contributed by atoms with Crippen molar-refractivity contribution in [2.75, 3.05) is 4.90 Å². The van der Waals surface area contributed by atoms with Gasteiger partial charge in [0.05, 0.1) is 9.85 Å². The standard InChI is InChI=1S/C18H10BrN3O4S2/c19-13-3-1-11-2-4-14(10-12(11)9-13)20(15-5-7-17(27-15)21(23)24)16-6-8-18(28-16)22(25)26/h1-10H. The molecular weight excluding hydrogens is 466 g/mol. The first-order valence-corrected chi connectivity index (χ1v) is 10.3. The van der Waals surface area contributed by atoms with Gasteiger partial charge in [-0.05, 0) is 69.8 Å². The van der Waals surface area contributed by atoms with E-state index in [9.17, 15) is 20.2 Å². The fraction of sp³-hybridized carbons (Fsp3) is 0. The van der Waals surface area contributed by atoms with Crippen molar-refractivity contribution in [1.29, 1.82) is 0 Å². The largest absolute Gasteiger partial charge is 0.326 e. The van der Waals surface area contributed by atoms with E-state index in [-0.39, 0.29) is 10.0 Å². The first-order chi connectivity index (χ1) is 13.4. The van der Waals surface area contributed by atoms with Crippen molar-refractivity contribution >= 4 is 75.1 Å². The maximum absolute atomic E-state index is 11.1. The van der Waals surface area contributed by atoms with Crippen LogP contribution in [-0.2, 0) is 0 Å². The summed E-state index contributed by atoms with van der Waals surface area (Å²) in [4.78, 5) is 23.2. The number of fused-ring (bicyclic) bond motifs is 1. The molecular formula is C18H10BrN3O4S2. The second-order valence-electron chi connectivity index (χ2n) is 5.75. The lowest BCUT2D eigenvalue weighted by Crippen LogP contribution is -2.06. The van der Waals surface area contributed by atoms with E-state index in [0.717, 1.165) is 43.6 Å². The van der Waals surface area contributed by atoms with Gasteiger partial charge in [0.25, 0.3) is 0 Å². The molecule has 0 bridgehead atoms. The molecule has 0 unspecified atom stereocenters. The van der Waals surface area contributed by atoms with Gasteiger partial charge in [-0.3, -0.25) is 25.1 Å². The predicted molar refractivity (Wildman–Crippen MR) is 115 cm³/mol. The van der Waals surface area contributed by atoms with Crippen molar-refractivity contribution in [2.45, 2.75) is 0 Å². The third-order valence-corrected chi connectivity index (χ3v) is 6.54. The maximum Gasteiger partial charge on any atom is 0.326 e. The van der Waals surface area contributed by atoms with Gasteiger partial charge in [0.1, 0.15) is 10.0 Å². The van der Waals surface area contributed by atoms with E-state index in [1.54, 1.807) is 17.0 Å². The Hall–Kier alpha value is -2.82. The number of nitrogens with zero attached hydrogens (tertiary/aromatic N) is 3. The molecule has 0 spiro atoms. The van der Waals surface area contributed by atoms with Crippen LogP contribution in [-0.4, -0.2) is 9.85 Å². The second kappa shape index (κ2) is 7.30. The molecule has 0 amide bonds. The molecule has 2 aromatic carbocycles. The SMILES string of the molecule is O=[N+]([O-])c1ccc(N(c2ccc3ccc(Br)cc3c2)c2ccc([N+](=O)[O-])s2)s1. The molecule has 4 rings (SSSR count). The molecule has 4 aromatic rings. The van der Waals surface area contributed by atoms with Gasteiger partial charge in [-0.2, -0.15) is 0 Å². The molecule has 7 nitrogen and oxygen atoms in total. The second-order valence-corrected chi connectivity index (χ2v) is 8.75. The van der Waals surface area contributed by atoms with Crippen LogP contribution in [0.1, 0.15) is 0 Å². The van der Waals surface area contributed by atoms with Crippen molar-refractivity contribution in [3.05, 3.63) is 85.4 Å². The topological polar surface area (TPSA) is 89.5 Å². The summed E-state index contributed by atoms with van der Waals surface area (Å²) in [5.41, 5.74) is 0.763. The molecule has 0 aliphatic rings. The van der Waals surface area contributed by atoms with Crippen LogP contribution in [0.25, 0.3) is 10.8 Å². The van der Waals surface area contributed by atoms with Gasteiger partial charge in [-0.1, -0.05) is 28.1 Å². The highest BCUT2D eigenvalue weighted by molar-refractivity contribution is 9.10. The minimum atomic E-state index is -0.444. The van der Waals surface area contributed by atoms with Gasteiger partial charge in [0, 0.05) is 22.3 Å². The number of rotatable bonds is 5. The predicted octanol–water partition coefficient (Wildman–Crippen LogP) is 7.01. The first-order valence-electron chi connectivity index (χ1n) is 7.90. The van der Waals surface area contributed by atoms with Crippen LogP contribution < -0.4 is 4.90 Å². The van der Waals surface area contributed by atoms with Crippen molar-refractivity contribution in [2.24, 2.45) is 0 Å². The minimum Gasteiger partial charge on any atom is -0.293 e. The molecule has 10 heteroatoms. The molecule has 0 aliphatic heterocycles. The monoisotopic (exact) mass is 475 g/mol. The summed E-state index contributed by atoms with van der Waals surface area (Å²) in [5, 5.41) is 25.5. The Morgan fingerprint density at radius 3 is 1.86 bits per heavy atom. The maximum atomic E-state index is 11.1. The van der Waals surface area contributed by atoms with E-state index in [4.69, 9.17) is 0 Å². The lowest BCUT2D eigenvalue weighted by Gasteiger charge is -2.21. The highest BCUT2D eigenvalue weighted by atomic mass is 79.9. The van der Waals surface area contributed by atoms with E-state index >= 15 is 0 Å². The van der Waals surface area contributed by atoms with Gasteiger partial charge in [-0.25, -0.2) is 0 Å². The van der Waals surface area contributed by atoms with E-state index in [1.165, 1.54) is 12.1 Å². The van der Waals surface area contributed by atoms with Gasteiger partial charge in [0.15, 0.2) is 0 Å². The van der Waals surface area contributed by atoms with Crippen LogP contribution >= 0.6 is 38.6 Å². The summed E-state index contributed by atoms with van der Waals surface area (Å²) in [6.45, 7) is 0. The zero-order chi connectivity index (χ0) is 19.8. The summed E-state index contributed by atoms with van der Waals surface area (Å²) in [6.07, 6.45) is 0. The Labute approximate surface area is 174 Å². The Bertz CT molecular complexity index is 1170. The normalized spacial score (nSPS) is 10.9. The number of benzene rings is 2. The zero-order valence-corrected chi connectivity index (χ0v) is 17.2. The third kappa shape index (κ3) is 3.49. The lowest BCUT2D eigenvalue weighted by molar-refractivity contribution is -0.380. The van der Waals surface area contributed by atoms with E-state index in [0.29, 0.717) is 10.0 Å². The van der Waals surface area contributed by atoms with Gasteiger partial charge in [-0.15, -0.1) is 0 Å². The summed E-state index contributed by atoms with van der Waals surface area (Å²) in [5.74, 6) is 0. The van der Waals surface area contributed by atoms with Crippen LogP contribution in [0.2, 0.25) is 0 Å². The number of thiophene rings is 2. The van der Waals surface area contributed by atoms with Gasteiger partial charge >= 0.3 is 10.0 Å². The van der Waals surface area contributed by atoms with Gasteiger partial charge in [0.2, 0.25) is 0 Å². The zero-order valence-electron chi connectivity index (χ0n) is 13.9. The Kier molecular flexibility index (Phi) is 4.84. The van der Waals surface area contributed by atoms with Crippen molar-refractivity contribution < 1.29 is 9.85 Å². The fourth-order valence-electron chi connectivity index (χ4n) is 2.78. The number of hydrogen-bond acceptors (Lipinski definition) is 7. The fourth-order valence-corrected chi connectivity index (χ4v) is 4.93. The molecule has 140 valence electrons. The highest BCUT2D eigenvalue weighted by Crippen LogP contribution is 2.45. The van der Waals surface area contributed by atoms with E-state index in [1.807, 2.05) is 36.4 Å². The molecule has 0 saturated heterocycles. The van der Waals surface area contributed by atoms with E-state index < -0.39 is 9.85 Å². The third-order valence-electron chi connectivity index (χ3n) is 4.00. The molecule has 0 aliphatic carbocycles. The smallest absolute Gasteiger partial charge is 0.293 e. The van der Waals surface area contributed by atoms with Crippen LogP contribution in [0, 0.1) is 20.2 Å². The Balaban J connectivity index is 1.88.